The largest absolute Gasteiger partial charge is 0.370 e. The minimum atomic E-state index is 0. The van der Waals surface area contributed by atoms with E-state index < -0.39 is 0 Å². The summed E-state index contributed by atoms with van der Waals surface area (Å²) in [5.41, 5.74) is 1.59. The third-order valence-electron chi connectivity index (χ3n) is 2.12. The Balaban J connectivity index is -0.000000142. The van der Waals surface area contributed by atoms with Crippen molar-refractivity contribution in [3.8, 4) is 0 Å². The Labute approximate surface area is 282 Å². The predicted octanol–water partition coefficient (Wildman–Crippen LogP) is 3.34. The Bertz CT molecular complexity index is 475. The van der Waals surface area contributed by atoms with Crippen molar-refractivity contribution in [2.75, 3.05) is 0 Å². The van der Waals surface area contributed by atoms with Crippen molar-refractivity contribution in [2.45, 2.75) is 6.92 Å². The molecule has 21 heavy (non-hydrogen) atoms. The van der Waals surface area contributed by atoms with Gasteiger partial charge in [-0.15, -0.1) is 23.8 Å². The normalized spacial score (nSPS) is 7.10. The van der Waals surface area contributed by atoms with Crippen LogP contribution in [0.15, 0.2) is 35.7 Å². The van der Waals surface area contributed by atoms with Gasteiger partial charge in [-0.3, -0.25) is 10.9 Å². The summed E-state index contributed by atoms with van der Waals surface area (Å²) in [6.07, 6.45) is 1.94. The second-order valence-electron chi connectivity index (χ2n) is 3.11. The van der Waals surface area contributed by atoms with Gasteiger partial charge in [0.2, 0.25) is 0 Å². The maximum absolute atomic E-state index is 11.9. The Morgan fingerprint density at radius 2 is 1.62 bits per heavy atom. The molecule has 2 aromatic rings. The Morgan fingerprint density at radius 3 is 2.10 bits per heavy atom. The summed E-state index contributed by atoms with van der Waals surface area (Å²) >= 11 is 1.46. The first-order valence-corrected chi connectivity index (χ1v) is 5.59. The van der Waals surface area contributed by atoms with Gasteiger partial charge < -0.3 is 18.1 Å². The van der Waals surface area contributed by atoms with E-state index in [1.54, 1.807) is 6.07 Å². The van der Waals surface area contributed by atoms with Crippen LogP contribution in [-0.2, 0) is 196 Å². The molecule has 1 aromatic carbocycles. The molecule has 8 heteroatoms. The molecule has 94 valence electrons. The fourth-order valence-corrected chi connectivity index (χ4v) is 2.01. The molecule has 0 aliphatic rings. The topological polar surface area (TPSA) is 17.1 Å². The van der Waals surface area contributed by atoms with Gasteiger partial charge in [-0.1, -0.05) is 12.1 Å². The van der Waals surface area contributed by atoms with E-state index in [2.05, 4.69) is 6.07 Å². The van der Waals surface area contributed by atoms with Gasteiger partial charge in [0.05, 0.1) is 4.88 Å². The predicted molar refractivity (Wildman–Crippen MR) is 62.1 cm³/mol. The van der Waals surface area contributed by atoms with E-state index in [9.17, 15) is 4.79 Å². The summed E-state index contributed by atoms with van der Waals surface area (Å²) in [5, 5.41) is 1.91. The molecule has 0 spiro atoms. The van der Waals surface area contributed by atoms with Crippen LogP contribution in [0.4, 0.5) is 0 Å². The summed E-state index contributed by atoms with van der Waals surface area (Å²) in [6.45, 7) is 1.94. The van der Waals surface area contributed by atoms with Crippen molar-refractivity contribution in [2.24, 2.45) is 0 Å². The summed E-state index contributed by atoms with van der Waals surface area (Å²) < 4.78 is 0. The molecule has 0 bridgehead atoms. The molecular weight excluding hydrogens is 738 g/mol. The quantitative estimate of drug-likeness (QED) is 0.349. The van der Waals surface area contributed by atoms with Crippen molar-refractivity contribution >= 4 is 17.1 Å². The molecule has 1 aromatic heterocycles. The fourth-order valence-electron chi connectivity index (χ4n) is 1.33. The second-order valence-corrected chi connectivity index (χ2v) is 4.06. The monoisotopic (exact) mass is 747 g/mol. The third-order valence-corrected chi connectivity index (χ3v) is 2.99. The number of hydrogen-bond donors (Lipinski definition) is 0. The molecule has 1 nitrogen and oxygen atoms in total. The SMILES string of the molecule is C[CH-]c1[c-]c(C(=O)c2cccs2)ccc1.[Y].[Y].[Y].[Y].[Y].[Y]. The molecule has 0 saturated heterocycles. The molecule has 0 aliphatic carbocycles. The maximum atomic E-state index is 11.9. The van der Waals surface area contributed by atoms with E-state index in [4.69, 9.17) is 0 Å². The van der Waals surface area contributed by atoms with E-state index in [1.807, 2.05) is 43.0 Å². The van der Waals surface area contributed by atoms with E-state index in [0.29, 0.717) is 5.56 Å². The average molecular weight is 748 g/mol. The fraction of sp³-hybridized carbons (Fsp3) is 0.0769. The second kappa shape index (κ2) is 21.4. The van der Waals surface area contributed by atoms with Crippen molar-refractivity contribution in [1.29, 1.82) is 0 Å². The Morgan fingerprint density at radius 1 is 1.00 bits per heavy atom. The Hall–Kier alpha value is 5.08. The molecule has 1 heterocycles. The van der Waals surface area contributed by atoms with Crippen LogP contribution in [0.25, 0.3) is 0 Å². The van der Waals surface area contributed by atoms with Crippen LogP contribution >= 0.6 is 11.3 Å². The number of thiophene rings is 1. The Kier molecular flexibility index (Phi) is 37.6. The summed E-state index contributed by atoms with van der Waals surface area (Å²) in [5.74, 6) is 0.0497. The van der Waals surface area contributed by atoms with Crippen molar-refractivity contribution in [1.82, 2.24) is 0 Å². The van der Waals surface area contributed by atoms with E-state index in [-0.39, 0.29) is 202 Å². The first-order chi connectivity index (χ1) is 7.31. The van der Waals surface area contributed by atoms with Crippen LogP contribution < -0.4 is 0 Å². The third kappa shape index (κ3) is 13.0. The van der Waals surface area contributed by atoms with Crippen LogP contribution in [0.1, 0.15) is 27.7 Å². The molecule has 0 saturated carbocycles. The van der Waals surface area contributed by atoms with Crippen LogP contribution in [0.3, 0.4) is 0 Å². The summed E-state index contributed by atoms with van der Waals surface area (Å²) in [6, 6.07) is 12.4. The number of carbonyl (C=O) groups is 1. The van der Waals surface area contributed by atoms with Crippen molar-refractivity contribution in [3.05, 3.63) is 64.2 Å². The number of rotatable bonds is 3. The molecular formula is C13H10OSY6-2. The van der Waals surface area contributed by atoms with Gasteiger partial charge in [0, 0.05) is 196 Å². The van der Waals surface area contributed by atoms with Gasteiger partial charge in [-0.25, -0.2) is 0 Å². The van der Waals surface area contributed by atoms with Gasteiger partial charge in [0.25, 0.3) is 0 Å². The minimum Gasteiger partial charge on any atom is -0.370 e. The van der Waals surface area contributed by atoms with Crippen LogP contribution in [0.2, 0.25) is 0 Å². The van der Waals surface area contributed by atoms with Gasteiger partial charge in [0.15, 0.2) is 5.78 Å². The van der Waals surface area contributed by atoms with Crippen LogP contribution in [-0.4, -0.2) is 5.78 Å². The summed E-state index contributed by atoms with van der Waals surface area (Å²) in [4.78, 5) is 12.7. The van der Waals surface area contributed by atoms with Crippen LogP contribution in [0, 0.1) is 12.5 Å². The maximum Gasteiger partial charge on any atom is 0.178 e. The van der Waals surface area contributed by atoms with Gasteiger partial charge in [-0.2, -0.15) is 6.07 Å². The van der Waals surface area contributed by atoms with Gasteiger partial charge >= 0.3 is 0 Å². The minimum absolute atomic E-state index is 0. The van der Waals surface area contributed by atoms with E-state index in [1.165, 1.54) is 11.3 Å². The summed E-state index contributed by atoms with van der Waals surface area (Å²) in [7, 11) is 0. The average Bonchev–Trinajstić information content (AvgIpc) is 2.81. The van der Waals surface area contributed by atoms with Gasteiger partial charge in [-0.05, 0) is 11.4 Å². The molecule has 0 unspecified atom stereocenters. The number of benzene rings is 1. The zero-order valence-corrected chi connectivity index (χ0v) is 29.7. The molecule has 6 radical (unpaired) electrons. The molecule has 0 fully saturated rings. The number of hydrogen-bond acceptors (Lipinski definition) is 2. The molecule has 0 aliphatic heterocycles. The smallest absolute Gasteiger partial charge is 0.178 e. The zero-order valence-electron chi connectivity index (χ0n) is 11.8. The van der Waals surface area contributed by atoms with Gasteiger partial charge in [0.1, 0.15) is 0 Å². The standard InChI is InChI=1S/C13H10OS.6Y/c1-2-10-5-3-6-11(9-10)13(14)12-7-4-8-15-12;;;;;;/h2-8H,1H3;;;;;;/q-2;;;;;;. The van der Waals surface area contributed by atoms with E-state index >= 15 is 0 Å². The van der Waals surface area contributed by atoms with Crippen molar-refractivity contribution < 1.29 is 201 Å². The molecule has 0 atom stereocenters. The number of ketones is 1. The zero-order chi connectivity index (χ0) is 10.7. The molecule has 2 rings (SSSR count). The molecule has 0 amide bonds. The first-order valence-electron chi connectivity index (χ1n) is 4.71. The van der Waals surface area contributed by atoms with Crippen molar-refractivity contribution in [3.63, 3.8) is 0 Å². The number of carbonyl (C=O) groups excluding carboxylic acids is 1. The van der Waals surface area contributed by atoms with E-state index in [0.717, 1.165) is 10.4 Å². The first kappa shape index (κ1) is 36.9. The van der Waals surface area contributed by atoms with Crippen LogP contribution in [0.5, 0.6) is 0 Å². The molecule has 0 N–H and O–H groups in total.